The third-order valence-corrected chi connectivity index (χ3v) is 12.9. The summed E-state index contributed by atoms with van der Waals surface area (Å²) in [5.41, 5.74) is 2.17. The van der Waals surface area contributed by atoms with Crippen molar-refractivity contribution in [1.82, 2.24) is 15.6 Å². The van der Waals surface area contributed by atoms with Gasteiger partial charge in [0, 0.05) is 36.8 Å². The van der Waals surface area contributed by atoms with E-state index >= 15 is 0 Å². The molecule has 0 spiro atoms. The number of aromatic hydroxyl groups is 1. The second-order valence-electron chi connectivity index (χ2n) is 16.3. The molecule has 9 rings (SSSR count). The SMILES string of the molecule is O=C(NC(c1ccccc1)c1cccc(OCc2ccc(C(=O)OCCCCNCC(O)c3ccc(O)c4[nH]c(=O)ccc34)o2)c1)OC1C[N+]2(CC(=O)c3cccs3)CCC1CC2.[Cl-]. The highest BCUT2D eigenvalue weighted by Gasteiger charge is 2.48. The molecule has 2 bridgehead atoms. The maximum atomic E-state index is 13.6. The summed E-state index contributed by atoms with van der Waals surface area (Å²) < 4.78 is 24.1. The molecule has 3 aliphatic heterocycles. The molecule has 6 aromatic rings. The van der Waals surface area contributed by atoms with Crippen LogP contribution in [0.1, 0.15) is 80.5 Å². The van der Waals surface area contributed by atoms with Crippen LogP contribution in [0, 0.1) is 5.92 Å². The molecule has 0 radical (unpaired) electrons. The summed E-state index contributed by atoms with van der Waals surface area (Å²) in [7, 11) is 0. The molecule has 336 valence electrons. The number of benzene rings is 3. The van der Waals surface area contributed by atoms with Crippen LogP contribution in [0.3, 0.4) is 0 Å². The summed E-state index contributed by atoms with van der Waals surface area (Å²) >= 11 is 1.47. The number of piperidine rings is 3. The number of aliphatic hydroxyl groups excluding tert-OH is 1. The summed E-state index contributed by atoms with van der Waals surface area (Å²) in [4.78, 5) is 54.5. The molecule has 64 heavy (non-hydrogen) atoms. The van der Waals surface area contributed by atoms with Crippen LogP contribution < -0.4 is 33.3 Å². The lowest BCUT2D eigenvalue weighted by Crippen LogP contribution is -3.00. The van der Waals surface area contributed by atoms with E-state index in [-0.39, 0.29) is 72.6 Å². The van der Waals surface area contributed by atoms with Crippen molar-refractivity contribution in [3.63, 3.8) is 0 Å². The number of esters is 1. The average Bonchev–Trinajstić information content (AvgIpc) is 4.02. The van der Waals surface area contributed by atoms with Crippen LogP contribution in [-0.2, 0) is 16.1 Å². The van der Waals surface area contributed by atoms with Gasteiger partial charge in [0.1, 0.15) is 37.0 Å². The summed E-state index contributed by atoms with van der Waals surface area (Å²) in [6.07, 6.45) is 1.44. The number of Topliss-reactive ketones (excluding diaryl/α,β-unsaturated/α-hetero) is 1. The van der Waals surface area contributed by atoms with Crippen LogP contribution in [0.25, 0.3) is 10.9 Å². The number of carbonyl (C=O) groups excluding carboxylic acids is 3. The van der Waals surface area contributed by atoms with Gasteiger partial charge in [0.15, 0.2) is 6.10 Å². The number of aromatic nitrogens is 1. The molecule has 3 unspecified atom stereocenters. The van der Waals surface area contributed by atoms with Gasteiger partial charge < -0.3 is 61.3 Å². The third kappa shape index (κ3) is 11.2. The number of aromatic amines is 1. The Bertz CT molecular complexity index is 2570. The molecule has 3 aromatic heterocycles. The number of nitrogens with zero attached hydrogens (tertiary/aromatic N) is 1. The number of amides is 1. The molecule has 3 atom stereocenters. The van der Waals surface area contributed by atoms with Gasteiger partial charge in [0.2, 0.25) is 17.1 Å². The number of halogens is 1. The first-order valence-corrected chi connectivity index (χ1v) is 22.2. The topological polar surface area (TPSA) is 189 Å². The fourth-order valence-corrected chi connectivity index (χ4v) is 9.34. The fourth-order valence-electron chi connectivity index (χ4n) is 8.68. The van der Waals surface area contributed by atoms with Crippen molar-refractivity contribution in [3.8, 4) is 11.5 Å². The minimum Gasteiger partial charge on any atom is -1.00 e. The lowest BCUT2D eigenvalue weighted by molar-refractivity contribution is -0.938. The van der Waals surface area contributed by atoms with Crippen LogP contribution in [0.4, 0.5) is 4.79 Å². The maximum Gasteiger partial charge on any atom is 0.408 e. The molecule has 14 nitrogen and oxygen atoms in total. The Hall–Kier alpha value is -5.97. The Labute approximate surface area is 380 Å². The van der Waals surface area contributed by atoms with E-state index in [2.05, 4.69) is 15.6 Å². The lowest BCUT2D eigenvalue weighted by Gasteiger charge is -2.51. The van der Waals surface area contributed by atoms with E-state index in [0.717, 1.165) is 41.9 Å². The zero-order valence-electron chi connectivity index (χ0n) is 35.1. The molecule has 1 amide bonds. The molecule has 5 N–H and O–H groups in total. The predicted octanol–water partition coefficient (Wildman–Crippen LogP) is 4.04. The van der Waals surface area contributed by atoms with Crippen LogP contribution in [-0.4, -0.2) is 89.5 Å². The number of ether oxygens (including phenoxy) is 3. The number of nitrogens with one attached hydrogen (secondary N) is 3. The van der Waals surface area contributed by atoms with Crippen molar-refractivity contribution in [2.45, 2.75) is 50.5 Å². The van der Waals surface area contributed by atoms with Gasteiger partial charge in [-0.15, -0.1) is 11.3 Å². The number of thiophene rings is 1. The number of hydrogen-bond acceptors (Lipinski definition) is 12. The van der Waals surface area contributed by atoms with E-state index in [0.29, 0.717) is 59.4 Å². The van der Waals surface area contributed by atoms with Gasteiger partial charge in [-0.2, -0.15) is 0 Å². The van der Waals surface area contributed by atoms with Crippen LogP contribution >= 0.6 is 11.3 Å². The monoisotopic (exact) mass is 910 g/mol. The number of fused-ring (bicyclic) bond motifs is 4. The number of pyridine rings is 1. The van der Waals surface area contributed by atoms with Crippen molar-refractivity contribution in [1.29, 1.82) is 0 Å². The first kappa shape index (κ1) is 46.0. The minimum atomic E-state index is -0.866. The van der Waals surface area contributed by atoms with Gasteiger partial charge in [-0.3, -0.25) is 9.59 Å². The number of unbranched alkanes of at least 4 members (excludes halogenated alkanes) is 1. The van der Waals surface area contributed by atoms with E-state index in [1.54, 1.807) is 24.3 Å². The molecule has 16 heteroatoms. The highest BCUT2D eigenvalue weighted by molar-refractivity contribution is 7.12. The number of H-pyrrole nitrogens is 1. The van der Waals surface area contributed by atoms with Crippen molar-refractivity contribution in [3.05, 3.63) is 152 Å². The van der Waals surface area contributed by atoms with E-state index in [1.807, 2.05) is 72.1 Å². The number of furan rings is 1. The molecule has 0 saturated carbocycles. The largest absolute Gasteiger partial charge is 1.00 e. The summed E-state index contributed by atoms with van der Waals surface area (Å²) in [6, 6.07) is 29.5. The van der Waals surface area contributed by atoms with Gasteiger partial charge in [-0.05, 0) is 83.9 Å². The first-order valence-electron chi connectivity index (χ1n) is 21.3. The molecule has 3 aliphatic rings. The van der Waals surface area contributed by atoms with Crippen molar-refractivity contribution in [2.75, 3.05) is 45.9 Å². The second-order valence-corrected chi connectivity index (χ2v) is 17.2. The van der Waals surface area contributed by atoms with Gasteiger partial charge >= 0.3 is 12.1 Å². The number of hydrogen-bond donors (Lipinski definition) is 5. The van der Waals surface area contributed by atoms with E-state index in [9.17, 15) is 29.4 Å². The van der Waals surface area contributed by atoms with Crippen LogP contribution in [0.15, 0.2) is 118 Å². The normalized spacial score (nSPS) is 18.7. The number of ketones is 1. The Morgan fingerprint density at radius 3 is 2.53 bits per heavy atom. The standard InChI is InChI=1S/C48H50N4O10S.ClH/c53-38-16-14-36(37-15-18-44(56)50-46(37)38)39(54)27-49-21-4-5-24-59-47(57)41-17-13-35(61-41)30-60-34-11-6-10-33(26-34)45(32-8-2-1-3-9-32)51-48(58)62-42-29-52(22-19-31(42)20-23-52)28-40(55)43-12-7-25-63-43;/h1-3,6-18,25-26,31,39,42,45,49,54H,4-5,19-24,27-30H2,(H2-,50,51,53,56,58);1H. The third-order valence-electron chi connectivity index (χ3n) is 12.0. The highest BCUT2D eigenvalue weighted by atomic mass is 35.5. The molecular formula is C48H51ClN4O10S. The van der Waals surface area contributed by atoms with E-state index in [4.69, 9.17) is 18.6 Å². The molecular weight excluding hydrogens is 860 g/mol. The lowest BCUT2D eigenvalue weighted by atomic mass is 9.83. The van der Waals surface area contributed by atoms with Crippen LogP contribution in [0.2, 0.25) is 0 Å². The summed E-state index contributed by atoms with van der Waals surface area (Å²) in [6.45, 7) is 3.92. The number of alkyl carbamates (subject to hydrolysis) is 1. The molecule has 6 heterocycles. The van der Waals surface area contributed by atoms with Crippen molar-refractivity contribution >= 4 is 40.1 Å². The van der Waals surface area contributed by atoms with Crippen molar-refractivity contribution < 1.29 is 60.1 Å². The molecule has 0 aliphatic carbocycles. The number of carbonyl (C=O) groups is 3. The van der Waals surface area contributed by atoms with Crippen molar-refractivity contribution in [2.24, 2.45) is 5.92 Å². The van der Waals surface area contributed by atoms with Gasteiger partial charge in [-0.25, -0.2) is 9.59 Å². The quantitative estimate of drug-likeness (QED) is 0.0342. The molecule has 3 saturated heterocycles. The van der Waals surface area contributed by atoms with Gasteiger partial charge in [0.25, 0.3) is 0 Å². The minimum absolute atomic E-state index is 0. The van der Waals surface area contributed by atoms with Gasteiger partial charge in [-0.1, -0.05) is 54.6 Å². The number of quaternary nitrogens is 1. The Morgan fingerprint density at radius 2 is 1.73 bits per heavy atom. The van der Waals surface area contributed by atoms with Gasteiger partial charge in [0.05, 0.1) is 42.2 Å². The maximum absolute atomic E-state index is 13.6. The second kappa shape index (κ2) is 21.1. The van der Waals surface area contributed by atoms with Crippen LogP contribution in [0.5, 0.6) is 11.5 Å². The van der Waals surface area contributed by atoms with E-state index in [1.165, 1.54) is 23.5 Å². The zero-order valence-corrected chi connectivity index (χ0v) is 36.7. The Morgan fingerprint density at radius 1 is 0.922 bits per heavy atom. The Kier molecular flexibility index (Phi) is 15.2. The summed E-state index contributed by atoms with van der Waals surface area (Å²) in [5, 5.41) is 29.6. The first-order chi connectivity index (χ1) is 30.6. The number of rotatable bonds is 19. The average molecular weight is 911 g/mol. The highest BCUT2D eigenvalue weighted by Crippen LogP contribution is 2.37. The molecule has 3 fully saturated rings. The van der Waals surface area contributed by atoms with E-state index < -0.39 is 24.2 Å². The number of aliphatic hydroxyl groups is 1. The summed E-state index contributed by atoms with van der Waals surface area (Å²) in [5.74, 6) is 0.779. The predicted molar refractivity (Wildman–Crippen MR) is 236 cm³/mol. The number of phenolic OH excluding ortho intramolecular Hbond substituents is 1. The smallest absolute Gasteiger partial charge is 0.408 e. The number of phenols is 1. The molecule has 3 aromatic carbocycles. The zero-order chi connectivity index (χ0) is 43.8. The Balaban J connectivity index is 0.00000612. The fraction of sp³-hybridized carbons (Fsp3) is 0.333.